The summed E-state index contributed by atoms with van der Waals surface area (Å²) in [5.41, 5.74) is 44.2. The van der Waals surface area contributed by atoms with E-state index < -0.39 is 5.41 Å². The van der Waals surface area contributed by atoms with Crippen LogP contribution in [0.4, 0.5) is 51.2 Å². The molecule has 26 aromatic rings. The van der Waals surface area contributed by atoms with Crippen LogP contribution in [0.3, 0.4) is 0 Å². The van der Waals surface area contributed by atoms with Crippen molar-refractivity contribution >= 4 is 138 Å². The van der Waals surface area contributed by atoms with Crippen LogP contribution in [-0.2, 0) is 16.2 Å². The lowest BCUT2D eigenvalue weighted by molar-refractivity contribution is 0.660. The Hall–Kier alpha value is -19.0. The maximum atomic E-state index is 6.38. The highest BCUT2D eigenvalue weighted by molar-refractivity contribution is 6.17. The van der Waals surface area contributed by atoms with Gasteiger partial charge in [-0.3, -0.25) is 0 Å². The SMILES string of the molecule is CC1(C)c2ccccc2-c2c(N(c3ccc(-c4ccccc4)cc3)c3ccc(-c4nc5ccccc5c5ccccc45)cc3)cccc21.CC1(C)c2ccccc2-c2ccc(N(c3ccc(-c4nc5ccccc5c5ccccc45)cc3)c3cccc4oc5ccccc5c34)cc21.c1ccc(N(c2ccc(-c3nc4ccccc4c4ccccc34)cc2)c2cccc3c2-c2ccccc2C32c3ccccc3-c3ccccc32)cc1. The highest BCUT2D eigenvalue weighted by Crippen LogP contribution is 2.66. The minimum Gasteiger partial charge on any atom is -0.456 e. The van der Waals surface area contributed by atoms with Gasteiger partial charge in [0.15, 0.2) is 0 Å². The first kappa shape index (κ1) is 87.8. The van der Waals surface area contributed by atoms with E-state index in [1.165, 1.54) is 138 Å². The molecular weight excluding hydrogens is 1810 g/mol. The molecule has 1 spiro atoms. The van der Waals surface area contributed by atoms with Crippen molar-refractivity contribution in [2.45, 2.75) is 43.9 Å². The van der Waals surface area contributed by atoms with Crippen LogP contribution in [0.25, 0.3) is 176 Å². The lowest BCUT2D eigenvalue weighted by Gasteiger charge is -2.31. The predicted octanol–water partition coefficient (Wildman–Crippen LogP) is 38.1. The largest absolute Gasteiger partial charge is 0.456 e. The van der Waals surface area contributed by atoms with E-state index in [0.717, 1.165) is 134 Å². The zero-order chi connectivity index (χ0) is 99.2. The minimum atomic E-state index is -0.399. The van der Waals surface area contributed by atoms with Crippen LogP contribution >= 0.6 is 0 Å². The Morgan fingerprint density at radius 3 is 0.946 bits per heavy atom. The van der Waals surface area contributed by atoms with Gasteiger partial charge in [0.25, 0.3) is 0 Å². The number of fused-ring (bicyclic) bond motifs is 28. The van der Waals surface area contributed by atoms with Gasteiger partial charge >= 0.3 is 0 Å². The lowest BCUT2D eigenvalue weighted by atomic mass is 9.70. The van der Waals surface area contributed by atoms with Crippen molar-refractivity contribution < 1.29 is 4.42 Å². The van der Waals surface area contributed by atoms with Gasteiger partial charge in [-0.2, -0.15) is 0 Å². The predicted molar refractivity (Wildman–Crippen MR) is 622 cm³/mol. The smallest absolute Gasteiger partial charge is 0.137 e. The highest BCUT2D eigenvalue weighted by atomic mass is 16.3. The molecule has 4 aliphatic rings. The van der Waals surface area contributed by atoms with E-state index in [9.17, 15) is 0 Å². The van der Waals surface area contributed by atoms with Gasteiger partial charge in [0.2, 0.25) is 0 Å². The number of nitrogens with zero attached hydrogens (tertiary/aromatic N) is 6. The highest BCUT2D eigenvalue weighted by Gasteiger charge is 2.53. The summed E-state index contributed by atoms with van der Waals surface area (Å²) in [5, 5.41) is 12.9. The topological polar surface area (TPSA) is 61.5 Å². The second-order valence-corrected chi connectivity index (χ2v) is 40.6. The van der Waals surface area contributed by atoms with Crippen LogP contribution in [0.1, 0.15) is 72.2 Å². The first-order valence-electron chi connectivity index (χ1n) is 51.5. The molecule has 702 valence electrons. The molecule has 0 bridgehead atoms. The van der Waals surface area contributed by atoms with E-state index in [2.05, 4.69) is 552 Å². The molecule has 149 heavy (non-hydrogen) atoms. The Morgan fingerprint density at radius 1 is 0.181 bits per heavy atom. The first-order valence-corrected chi connectivity index (χ1v) is 51.5. The second-order valence-electron chi connectivity index (χ2n) is 40.6. The number of furan rings is 1. The van der Waals surface area contributed by atoms with E-state index >= 15 is 0 Å². The fourth-order valence-electron chi connectivity index (χ4n) is 25.0. The molecule has 22 aromatic carbocycles. The van der Waals surface area contributed by atoms with E-state index in [1.807, 2.05) is 12.1 Å². The summed E-state index contributed by atoms with van der Waals surface area (Å²) in [6.45, 7) is 9.36. The molecule has 7 nitrogen and oxygen atoms in total. The van der Waals surface area contributed by atoms with Crippen LogP contribution < -0.4 is 14.7 Å². The third-order valence-electron chi connectivity index (χ3n) is 31.8. The number of benzene rings is 22. The zero-order valence-corrected chi connectivity index (χ0v) is 82.7. The van der Waals surface area contributed by atoms with Crippen LogP contribution in [0, 0.1) is 0 Å². The molecule has 0 aliphatic heterocycles. The first-order chi connectivity index (χ1) is 73.5. The minimum absolute atomic E-state index is 0.0859. The fourth-order valence-corrected chi connectivity index (χ4v) is 25.0. The maximum absolute atomic E-state index is 6.38. The Labute approximate surface area is 865 Å². The van der Waals surface area contributed by atoms with Crippen LogP contribution in [0.5, 0.6) is 0 Å². The second kappa shape index (κ2) is 35.2. The van der Waals surface area contributed by atoms with E-state index in [-0.39, 0.29) is 10.8 Å². The lowest BCUT2D eigenvalue weighted by Crippen LogP contribution is -2.26. The van der Waals surface area contributed by atoms with Crippen molar-refractivity contribution in [1.82, 2.24) is 15.0 Å². The number of hydrogen-bond donors (Lipinski definition) is 0. The van der Waals surface area contributed by atoms with E-state index in [0.29, 0.717) is 0 Å². The van der Waals surface area contributed by atoms with Crippen molar-refractivity contribution in [3.8, 4) is 89.4 Å². The number of aromatic nitrogens is 3. The molecule has 4 aromatic heterocycles. The summed E-state index contributed by atoms with van der Waals surface area (Å²) in [6.07, 6.45) is 0. The summed E-state index contributed by atoms with van der Waals surface area (Å²) in [7, 11) is 0. The molecule has 0 atom stereocenters. The number of para-hydroxylation sites is 5. The number of hydrogen-bond acceptors (Lipinski definition) is 7. The number of pyridine rings is 3. The Bertz CT molecular complexity index is 9810. The standard InChI is InChI=1S/C50H32N2.C46H32N2O.C46H34N2/c1-2-15-34(16-3-1)52(35-31-29-33(30-32-35)49-40-21-5-4-17-36(40)39-20-9-13-27-46(39)51-49)47-28-14-26-45-48(47)41-22-8-12-25-44(41)50(45)42-23-10-6-18-37(42)38-19-7-11-24-43(38)50;1-46(2)38-17-8-5-13-33(38)34-27-26-31(28-39(34)46)48(41-19-11-21-43-44(41)37-16-7-10-20-42(37)49-43)30-24-22-29(23-25-30)45-36-15-4-3-12-32(36)35-14-6-9-18-40(35)47-45;1-46(2)40-19-10-8-18-39(40)44-41(46)20-12-22-43(44)48(34-27-23-32(24-28-34)31-13-4-3-5-14-31)35-29-25-33(26-30-35)45-38-17-7-6-15-36(38)37-16-9-11-21-42(37)47-45/h1-32H;3-28H,1-2H3;3-30H,1-2H3. The molecule has 0 fully saturated rings. The van der Waals surface area contributed by atoms with Crippen molar-refractivity contribution in [2.24, 2.45) is 0 Å². The van der Waals surface area contributed by atoms with Crippen molar-refractivity contribution in [3.05, 3.63) is 566 Å². The Kier molecular flexibility index (Phi) is 20.8. The summed E-state index contributed by atoms with van der Waals surface area (Å²) in [6, 6.07) is 188. The Balaban J connectivity index is 0.000000108. The van der Waals surface area contributed by atoms with E-state index in [4.69, 9.17) is 19.4 Å². The molecule has 0 saturated heterocycles. The van der Waals surface area contributed by atoms with Crippen LogP contribution in [0.2, 0.25) is 0 Å². The van der Waals surface area contributed by atoms with Gasteiger partial charge in [-0.05, 0) is 227 Å². The van der Waals surface area contributed by atoms with Gasteiger partial charge in [-0.25, -0.2) is 15.0 Å². The van der Waals surface area contributed by atoms with Gasteiger partial charge in [-0.15, -0.1) is 0 Å². The van der Waals surface area contributed by atoms with Crippen molar-refractivity contribution in [3.63, 3.8) is 0 Å². The zero-order valence-electron chi connectivity index (χ0n) is 82.7. The summed E-state index contributed by atoms with van der Waals surface area (Å²) in [5.74, 6) is 0. The third kappa shape index (κ3) is 14.1. The fraction of sp³-hybridized carbons (Fsp3) is 0.0493. The molecular formula is C142H98N6O. The molecule has 0 N–H and O–H groups in total. The van der Waals surface area contributed by atoms with Gasteiger partial charge in [-0.1, -0.05) is 428 Å². The van der Waals surface area contributed by atoms with E-state index in [1.54, 1.807) is 0 Å². The molecule has 0 radical (unpaired) electrons. The van der Waals surface area contributed by atoms with Gasteiger partial charge < -0.3 is 19.1 Å². The molecule has 0 saturated carbocycles. The van der Waals surface area contributed by atoms with Crippen LogP contribution in [0.15, 0.2) is 526 Å². The van der Waals surface area contributed by atoms with Crippen molar-refractivity contribution in [2.75, 3.05) is 14.7 Å². The molecule has 0 amide bonds. The van der Waals surface area contributed by atoms with Gasteiger partial charge in [0, 0.05) is 110 Å². The summed E-state index contributed by atoms with van der Waals surface area (Å²) < 4.78 is 6.38. The molecule has 7 heteroatoms. The number of rotatable bonds is 13. The maximum Gasteiger partial charge on any atom is 0.137 e. The van der Waals surface area contributed by atoms with Gasteiger partial charge in [0.05, 0.1) is 61.5 Å². The normalized spacial score (nSPS) is 13.1. The molecule has 0 unspecified atom stereocenters. The Morgan fingerprint density at radius 2 is 0.470 bits per heavy atom. The number of anilines is 9. The summed E-state index contributed by atoms with van der Waals surface area (Å²) >= 11 is 0. The molecule has 4 aliphatic carbocycles. The molecule has 30 rings (SSSR count). The third-order valence-corrected chi connectivity index (χ3v) is 31.8. The van der Waals surface area contributed by atoms with Crippen molar-refractivity contribution in [1.29, 1.82) is 0 Å². The van der Waals surface area contributed by atoms with Gasteiger partial charge in [0.1, 0.15) is 11.2 Å². The average molecular weight is 1900 g/mol. The summed E-state index contributed by atoms with van der Waals surface area (Å²) in [4.78, 5) is 22.8. The monoisotopic (exact) mass is 1900 g/mol. The van der Waals surface area contributed by atoms with Crippen LogP contribution in [-0.4, -0.2) is 15.0 Å². The average Bonchev–Trinajstić information content (AvgIpc) is 1.50. The quantitative estimate of drug-likeness (QED) is 0.107. The molecule has 4 heterocycles.